The zero-order valence-corrected chi connectivity index (χ0v) is 21.2. The maximum absolute atomic E-state index is 13.1. The van der Waals surface area contributed by atoms with Crippen molar-refractivity contribution in [1.29, 1.82) is 0 Å². The van der Waals surface area contributed by atoms with E-state index in [4.69, 9.17) is 4.74 Å². The fraction of sp³-hybridized carbons (Fsp3) is 0.160. The van der Waals surface area contributed by atoms with Crippen molar-refractivity contribution >= 4 is 49.1 Å². The van der Waals surface area contributed by atoms with Gasteiger partial charge in [-0.05, 0) is 79.6 Å². The number of hydrogen-bond acceptors (Lipinski definition) is 6. The van der Waals surface area contributed by atoms with Crippen molar-refractivity contribution in [2.75, 3.05) is 11.8 Å². The van der Waals surface area contributed by atoms with Gasteiger partial charge in [0.25, 0.3) is 15.9 Å². The minimum absolute atomic E-state index is 0.0931. The number of carbonyl (C=O) groups is 2. The van der Waals surface area contributed by atoms with E-state index >= 15 is 0 Å². The van der Waals surface area contributed by atoms with E-state index in [0.29, 0.717) is 4.80 Å². The zero-order valence-electron chi connectivity index (χ0n) is 19.6. The van der Waals surface area contributed by atoms with Gasteiger partial charge in [0, 0.05) is 11.3 Å². The minimum atomic E-state index is -3.92. The van der Waals surface area contributed by atoms with Gasteiger partial charge in [-0.2, -0.15) is 4.99 Å². The van der Waals surface area contributed by atoms with E-state index < -0.39 is 27.7 Å². The van der Waals surface area contributed by atoms with E-state index in [1.54, 1.807) is 4.57 Å². The Bertz CT molecular complexity index is 1640. The van der Waals surface area contributed by atoms with Crippen LogP contribution >= 0.6 is 11.3 Å². The second-order valence-electron chi connectivity index (χ2n) is 8.03. The highest BCUT2D eigenvalue weighted by Gasteiger charge is 2.16. The Balaban J connectivity index is 1.65. The number of thiazole rings is 1. The number of nitrogens with one attached hydrogen (secondary N) is 1. The number of halogens is 1. The molecule has 4 rings (SSSR count). The molecule has 0 saturated heterocycles. The van der Waals surface area contributed by atoms with Crippen LogP contribution < -0.4 is 9.52 Å². The molecular weight excluding hydrogens is 505 g/mol. The van der Waals surface area contributed by atoms with Crippen molar-refractivity contribution in [3.63, 3.8) is 0 Å². The van der Waals surface area contributed by atoms with Crippen molar-refractivity contribution in [2.45, 2.75) is 25.3 Å². The average molecular weight is 528 g/mol. The van der Waals surface area contributed by atoms with Gasteiger partial charge in [-0.25, -0.2) is 12.8 Å². The fourth-order valence-electron chi connectivity index (χ4n) is 3.60. The number of esters is 1. The first-order valence-corrected chi connectivity index (χ1v) is 13.0. The van der Waals surface area contributed by atoms with E-state index in [9.17, 15) is 22.4 Å². The molecule has 0 radical (unpaired) electrons. The van der Waals surface area contributed by atoms with Crippen LogP contribution in [0.25, 0.3) is 10.2 Å². The number of anilines is 1. The Morgan fingerprint density at radius 3 is 2.36 bits per heavy atom. The van der Waals surface area contributed by atoms with Crippen LogP contribution in [0.15, 0.2) is 70.6 Å². The van der Waals surface area contributed by atoms with Crippen molar-refractivity contribution in [3.05, 3.63) is 88.0 Å². The number of hydrogen-bond donors (Lipinski definition) is 1. The summed E-state index contributed by atoms with van der Waals surface area (Å²) in [4.78, 5) is 29.5. The van der Waals surface area contributed by atoms with E-state index in [2.05, 4.69) is 9.71 Å². The second-order valence-corrected chi connectivity index (χ2v) is 10.7. The molecule has 0 aliphatic rings. The Morgan fingerprint density at radius 1 is 1.06 bits per heavy atom. The predicted molar refractivity (Wildman–Crippen MR) is 135 cm³/mol. The summed E-state index contributed by atoms with van der Waals surface area (Å²) in [6.07, 6.45) is 0. The highest BCUT2D eigenvalue weighted by Crippen LogP contribution is 2.24. The Kier molecular flexibility index (Phi) is 7.04. The van der Waals surface area contributed by atoms with Crippen molar-refractivity contribution in [1.82, 2.24) is 4.57 Å². The molecule has 1 aromatic heterocycles. The molecule has 36 heavy (non-hydrogen) atoms. The number of amides is 1. The van der Waals surface area contributed by atoms with Crippen molar-refractivity contribution < 1.29 is 27.1 Å². The van der Waals surface area contributed by atoms with Gasteiger partial charge in [0.05, 0.1) is 22.2 Å². The van der Waals surface area contributed by atoms with E-state index in [1.807, 2.05) is 26.0 Å². The number of fused-ring (bicyclic) bond motifs is 1. The molecule has 1 N–H and O–H groups in total. The maximum atomic E-state index is 13.1. The molecule has 4 aromatic rings. The van der Waals surface area contributed by atoms with Crippen molar-refractivity contribution in [2.24, 2.45) is 4.99 Å². The SMILES string of the molecule is COC(=O)Cn1c(=NC(=O)c2ccc(NS(=O)(=O)c3ccc(F)cc3)cc2)sc2c(C)cc(C)cc21. The quantitative estimate of drug-likeness (QED) is 0.379. The number of nitrogens with zero attached hydrogens (tertiary/aromatic N) is 2. The van der Waals surface area contributed by atoms with Gasteiger partial charge in [0.15, 0.2) is 4.80 Å². The number of aryl methyl sites for hydroxylation is 2. The third kappa shape index (κ3) is 5.37. The Hall–Kier alpha value is -3.83. The molecule has 0 aliphatic carbocycles. The molecule has 1 amide bonds. The molecule has 11 heteroatoms. The summed E-state index contributed by atoms with van der Waals surface area (Å²) in [7, 11) is -2.63. The highest BCUT2D eigenvalue weighted by molar-refractivity contribution is 7.92. The normalized spacial score (nSPS) is 12.1. The van der Waals surface area contributed by atoms with Crippen LogP contribution in [0.1, 0.15) is 21.5 Å². The molecular formula is C25H22FN3O5S2. The fourth-order valence-corrected chi connectivity index (χ4v) is 5.74. The largest absolute Gasteiger partial charge is 0.468 e. The number of carbonyl (C=O) groups excluding carboxylic acids is 2. The third-order valence-corrected chi connectivity index (χ3v) is 7.96. The number of ether oxygens (including phenoxy) is 1. The number of benzene rings is 3. The minimum Gasteiger partial charge on any atom is -0.468 e. The van der Waals surface area contributed by atoms with E-state index in [0.717, 1.165) is 45.6 Å². The monoisotopic (exact) mass is 527 g/mol. The Morgan fingerprint density at radius 2 is 1.72 bits per heavy atom. The van der Waals surface area contributed by atoms with E-state index in [-0.39, 0.29) is 22.7 Å². The van der Waals surface area contributed by atoms with Crippen LogP contribution in [0, 0.1) is 19.7 Å². The summed E-state index contributed by atoms with van der Waals surface area (Å²) in [5.74, 6) is -1.57. The molecule has 1 heterocycles. The molecule has 0 bridgehead atoms. The Labute approximate surface area is 210 Å². The lowest BCUT2D eigenvalue weighted by Crippen LogP contribution is -2.22. The summed E-state index contributed by atoms with van der Waals surface area (Å²) in [6.45, 7) is 3.79. The summed E-state index contributed by atoms with van der Waals surface area (Å²) in [6, 6.07) is 14.1. The maximum Gasteiger partial charge on any atom is 0.325 e. The number of sulfonamides is 1. The van der Waals surface area contributed by atoms with Crippen LogP contribution in [0.5, 0.6) is 0 Å². The zero-order chi connectivity index (χ0) is 26.0. The molecule has 0 fully saturated rings. The summed E-state index contributed by atoms with van der Waals surface area (Å²) in [5.41, 5.74) is 3.24. The van der Waals surface area contributed by atoms with Crippen LogP contribution in [0.2, 0.25) is 0 Å². The molecule has 186 valence electrons. The molecule has 0 saturated carbocycles. The van der Waals surface area contributed by atoms with Gasteiger partial charge < -0.3 is 9.30 Å². The van der Waals surface area contributed by atoms with Crippen LogP contribution in [0.4, 0.5) is 10.1 Å². The summed E-state index contributed by atoms with van der Waals surface area (Å²) >= 11 is 1.29. The lowest BCUT2D eigenvalue weighted by molar-refractivity contribution is -0.141. The third-order valence-electron chi connectivity index (χ3n) is 5.33. The van der Waals surface area contributed by atoms with Gasteiger partial charge in [-0.3, -0.25) is 14.3 Å². The predicted octanol–water partition coefficient (Wildman–Crippen LogP) is 4.17. The number of aromatic nitrogens is 1. The number of rotatable bonds is 6. The lowest BCUT2D eigenvalue weighted by Gasteiger charge is -2.08. The van der Waals surface area contributed by atoms with Crippen LogP contribution in [0.3, 0.4) is 0 Å². The van der Waals surface area contributed by atoms with Gasteiger partial charge in [0.1, 0.15) is 12.4 Å². The first-order valence-electron chi connectivity index (χ1n) is 10.7. The molecule has 0 atom stereocenters. The first-order chi connectivity index (χ1) is 17.1. The molecule has 3 aromatic carbocycles. The van der Waals surface area contributed by atoms with Gasteiger partial charge >= 0.3 is 5.97 Å². The molecule has 8 nitrogen and oxygen atoms in total. The average Bonchev–Trinajstić information content (AvgIpc) is 3.16. The standard InChI is InChI=1S/C25H22FN3O5S2/c1-15-12-16(2)23-21(13-15)29(14-22(30)34-3)25(35-23)27-24(31)17-4-8-19(9-5-17)28-36(32,33)20-10-6-18(26)7-11-20/h4-13,28H,14H2,1-3H3. The topological polar surface area (TPSA) is 107 Å². The first kappa shape index (κ1) is 25.3. The number of methoxy groups -OCH3 is 1. The summed E-state index contributed by atoms with van der Waals surface area (Å²) < 4.78 is 47.9. The van der Waals surface area contributed by atoms with Gasteiger partial charge in [-0.15, -0.1) is 0 Å². The van der Waals surface area contributed by atoms with Gasteiger partial charge in [0.2, 0.25) is 0 Å². The summed E-state index contributed by atoms with van der Waals surface area (Å²) in [5, 5.41) is 0. The smallest absolute Gasteiger partial charge is 0.325 e. The molecule has 0 spiro atoms. The van der Waals surface area contributed by atoms with Crippen LogP contribution in [-0.4, -0.2) is 32.0 Å². The molecule has 0 aliphatic heterocycles. The van der Waals surface area contributed by atoms with Crippen molar-refractivity contribution in [3.8, 4) is 0 Å². The molecule has 0 unspecified atom stereocenters. The lowest BCUT2D eigenvalue weighted by atomic mass is 10.1. The highest BCUT2D eigenvalue weighted by atomic mass is 32.2. The van der Waals surface area contributed by atoms with E-state index in [1.165, 1.54) is 42.7 Å². The van der Waals surface area contributed by atoms with Gasteiger partial charge in [-0.1, -0.05) is 17.4 Å². The second kappa shape index (κ2) is 10.0. The van der Waals surface area contributed by atoms with Crippen LogP contribution in [-0.2, 0) is 26.1 Å².